The molecule has 1 aromatic carbocycles. The summed E-state index contributed by atoms with van der Waals surface area (Å²) in [5, 5.41) is 10.7. The molecule has 0 bridgehead atoms. The number of thiazole rings is 1. The van der Waals surface area contributed by atoms with Crippen LogP contribution in [0.25, 0.3) is 20.8 Å². The van der Waals surface area contributed by atoms with Gasteiger partial charge < -0.3 is 0 Å². The monoisotopic (exact) mass is 305 g/mol. The molecular weight excluding hydrogens is 301 g/mol. The van der Waals surface area contributed by atoms with Gasteiger partial charge in [-0.25, -0.2) is 9.97 Å². The van der Waals surface area contributed by atoms with Crippen LogP contribution in [0.3, 0.4) is 0 Å². The average molecular weight is 306 g/mol. The number of halogens is 2. The third-order valence-corrected chi connectivity index (χ3v) is 4.42. The highest BCUT2D eigenvalue weighted by Gasteiger charge is 2.15. The summed E-state index contributed by atoms with van der Waals surface area (Å²) >= 11 is 13.6. The molecule has 3 aromatic rings. The summed E-state index contributed by atoms with van der Waals surface area (Å²) in [5.74, 6) is 0. The van der Waals surface area contributed by atoms with Gasteiger partial charge in [-0.1, -0.05) is 29.3 Å². The molecule has 0 aliphatic heterocycles. The van der Waals surface area contributed by atoms with E-state index in [0.29, 0.717) is 26.3 Å². The standard InChI is InChI=1S/C13H5Cl2N3S/c14-8-3-1-2-7(6-16)10(8)13-18-9-4-5-17-12(15)11(9)19-13/h1-5H. The van der Waals surface area contributed by atoms with Gasteiger partial charge in [0, 0.05) is 11.8 Å². The molecule has 0 atom stereocenters. The second-order valence-corrected chi connectivity index (χ2v) is 5.51. The zero-order valence-electron chi connectivity index (χ0n) is 9.39. The molecule has 19 heavy (non-hydrogen) atoms. The number of hydrogen-bond donors (Lipinski definition) is 0. The lowest BCUT2D eigenvalue weighted by molar-refractivity contribution is 1.35. The van der Waals surface area contributed by atoms with E-state index in [1.54, 1.807) is 30.5 Å². The van der Waals surface area contributed by atoms with Crippen molar-refractivity contribution in [1.29, 1.82) is 5.26 Å². The van der Waals surface area contributed by atoms with Crippen LogP contribution in [0, 0.1) is 11.3 Å². The lowest BCUT2D eigenvalue weighted by Crippen LogP contribution is -1.84. The molecule has 92 valence electrons. The third-order valence-electron chi connectivity index (χ3n) is 2.61. The normalized spacial score (nSPS) is 10.6. The number of benzene rings is 1. The molecule has 0 radical (unpaired) electrons. The fraction of sp³-hybridized carbons (Fsp3) is 0. The first-order valence-corrected chi connectivity index (χ1v) is 6.88. The zero-order valence-corrected chi connectivity index (χ0v) is 11.7. The Kier molecular flexibility index (Phi) is 3.11. The predicted molar refractivity (Wildman–Crippen MR) is 77.6 cm³/mol. The van der Waals surface area contributed by atoms with E-state index in [1.807, 2.05) is 0 Å². The molecule has 0 spiro atoms. The summed E-state index contributed by atoms with van der Waals surface area (Å²) in [4.78, 5) is 8.49. The van der Waals surface area contributed by atoms with Crippen molar-refractivity contribution in [3.05, 3.63) is 46.2 Å². The fourth-order valence-electron chi connectivity index (χ4n) is 1.77. The first-order chi connectivity index (χ1) is 9.20. The van der Waals surface area contributed by atoms with Gasteiger partial charge in [0.1, 0.15) is 10.2 Å². The van der Waals surface area contributed by atoms with Gasteiger partial charge in [-0.15, -0.1) is 11.3 Å². The van der Waals surface area contributed by atoms with E-state index in [-0.39, 0.29) is 0 Å². The highest BCUT2D eigenvalue weighted by molar-refractivity contribution is 7.22. The highest BCUT2D eigenvalue weighted by Crippen LogP contribution is 2.38. The van der Waals surface area contributed by atoms with Gasteiger partial charge >= 0.3 is 0 Å². The first kappa shape index (κ1) is 12.4. The van der Waals surface area contributed by atoms with Crippen LogP contribution >= 0.6 is 34.5 Å². The summed E-state index contributed by atoms with van der Waals surface area (Å²) in [6.45, 7) is 0. The molecule has 3 nitrogen and oxygen atoms in total. The van der Waals surface area contributed by atoms with Crippen LogP contribution in [-0.4, -0.2) is 9.97 Å². The number of rotatable bonds is 1. The van der Waals surface area contributed by atoms with Crippen LogP contribution in [-0.2, 0) is 0 Å². The van der Waals surface area contributed by atoms with Gasteiger partial charge in [-0.05, 0) is 18.2 Å². The molecule has 0 amide bonds. The van der Waals surface area contributed by atoms with E-state index in [4.69, 9.17) is 28.5 Å². The molecule has 0 saturated heterocycles. The number of nitriles is 1. The second kappa shape index (κ2) is 4.78. The number of pyridine rings is 1. The van der Waals surface area contributed by atoms with Crippen LogP contribution in [0.5, 0.6) is 0 Å². The lowest BCUT2D eigenvalue weighted by Gasteiger charge is -2.01. The number of nitrogens with zero attached hydrogens (tertiary/aromatic N) is 3. The molecule has 2 heterocycles. The van der Waals surface area contributed by atoms with Crippen molar-refractivity contribution < 1.29 is 0 Å². The fourth-order valence-corrected chi connectivity index (χ4v) is 3.37. The van der Waals surface area contributed by atoms with Crippen molar-refractivity contribution >= 4 is 44.8 Å². The zero-order chi connectivity index (χ0) is 13.4. The summed E-state index contributed by atoms with van der Waals surface area (Å²) < 4.78 is 0.794. The van der Waals surface area contributed by atoms with E-state index in [9.17, 15) is 0 Å². The SMILES string of the molecule is N#Cc1cccc(Cl)c1-c1nc2ccnc(Cl)c2s1. The minimum Gasteiger partial charge on any atom is -0.243 e. The van der Waals surface area contributed by atoms with Crippen molar-refractivity contribution in [2.45, 2.75) is 0 Å². The smallest absolute Gasteiger partial charge is 0.148 e. The molecule has 0 fully saturated rings. The maximum absolute atomic E-state index is 9.16. The lowest BCUT2D eigenvalue weighted by atomic mass is 10.1. The van der Waals surface area contributed by atoms with Crippen LogP contribution in [0.4, 0.5) is 0 Å². The Bertz CT molecular complexity index is 820. The number of aromatic nitrogens is 2. The Morgan fingerprint density at radius 1 is 1.21 bits per heavy atom. The molecule has 0 saturated carbocycles. The van der Waals surface area contributed by atoms with Crippen LogP contribution in [0.2, 0.25) is 10.2 Å². The van der Waals surface area contributed by atoms with Gasteiger partial charge in [0.05, 0.1) is 26.9 Å². The van der Waals surface area contributed by atoms with E-state index in [0.717, 1.165) is 10.2 Å². The summed E-state index contributed by atoms with van der Waals surface area (Å²) in [7, 11) is 0. The molecular formula is C13H5Cl2N3S. The maximum atomic E-state index is 9.16. The van der Waals surface area contributed by atoms with Gasteiger partial charge in [-0.2, -0.15) is 5.26 Å². The summed E-state index contributed by atoms with van der Waals surface area (Å²) in [5.41, 5.74) is 1.89. The Morgan fingerprint density at radius 3 is 2.79 bits per heavy atom. The van der Waals surface area contributed by atoms with E-state index in [2.05, 4.69) is 16.0 Å². The molecule has 0 aliphatic rings. The molecule has 3 rings (SSSR count). The van der Waals surface area contributed by atoms with Crippen LogP contribution in [0.1, 0.15) is 5.56 Å². The third kappa shape index (κ3) is 2.06. The molecule has 0 aliphatic carbocycles. The van der Waals surface area contributed by atoms with Crippen molar-refractivity contribution in [3.8, 4) is 16.6 Å². The Morgan fingerprint density at radius 2 is 2.05 bits per heavy atom. The average Bonchev–Trinajstić information content (AvgIpc) is 2.83. The summed E-state index contributed by atoms with van der Waals surface area (Å²) in [6, 6.07) is 9.11. The number of hydrogen-bond acceptors (Lipinski definition) is 4. The molecule has 0 unspecified atom stereocenters. The van der Waals surface area contributed by atoms with Gasteiger partial charge in [-0.3, -0.25) is 0 Å². The van der Waals surface area contributed by atoms with E-state index < -0.39 is 0 Å². The molecule has 0 N–H and O–H groups in total. The minimum absolute atomic E-state index is 0.409. The van der Waals surface area contributed by atoms with Crippen LogP contribution < -0.4 is 0 Å². The van der Waals surface area contributed by atoms with Gasteiger partial charge in [0.25, 0.3) is 0 Å². The Labute approximate surface area is 123 Å². The van der Waals surface area contributed by atoms with E-state index >= 15 is 0 Å². The van der Waals surface area contributed by atoms with Crippen molar-refractivity contribution in [2.24, 2.45) is 0 Å². The maximum Gasteiger partial charge on any atom is 0.148 e. The van der Waals surface area contributed by atoms with Gasteiger partial charge in [0.15, 0.2) is 0 Å². The topological polar surface area (TPSA) is 49.6 Å². The van der Waals surface area contributed by atoms with Gasteiger partial charge in [0.2, 0.25) is 0 Å². The largest absolute Gasteiger partial charge is 0.243 e. The predicted octanol–water partition coefficient (Wildman–Crippen LogP) is 4.54. The molecule has 2 aromatic heterocycles. The number of fused-ring (bicyclic) bond motifs is 1. The quantitative estimate of drug-likeness (QED) is 0.620. The van der Waals surface area contributed by atoms with Crippen LogP contribution in [0.15, 0.2) is 30.5 Å². The summed E-state index contributed by atoms with van der Waals surface area (Å²) in [6.07, 6.45) is 1.60. The van der Waals surface area contributed by atoms with Crippen molar-refractivity contribution in [3.63, 3.8) is 0 Å². The van der Waals surface area contributed by atoms with Crippen molar-refractivity contribution in [2.75, 3.05) is 0 Å². The Balaban J connectivity index is 2.32. The Hall–Kier alpha value is -1.67. The minimum atomic E-state index is 0.409. The first-order valence-electron chi connectivity index (χ1n) is 5.30. The van der Waals surface area contributed by atoms with E-state index in [1.165, 1.54) is 11.3 Å². The molecule has 6 heteroatoms. The van der Waals surface area contributed by atoms with Crippen molar-refractivity contribution in [1.82, 2.24) is 9.97 Å². The highest BCUT2D eigenvalue weighted by atomic mass is 35.5. The second-order valence-electron chi connectivity index (χ2n) is 3.74.